The quantitative estimate of drug-likeness (QED) is 0.546. The third-order valence-corrected chi connectivity index (χ3v) is 5.56. The van der Waals surface area contributed by atoms with Gasteiger partial charge < -0.3 is 20.4 Å². The molecule has 0 saturated carbocycles. The van der Waals surface area contributed by atoms with E-state index in [1.807, 2.05) is 0 Å². The number of ether oxygens (including phenoxy) is 1. The number of aromatic amines is 1. The van der Waals surface area contributed by atoms with Crippen molar-refractivity contribution >= 4 is 28.6 Å². The lowest BCUT2D eigenvalue weighted by Crippen LogP contribution is -2.46. The molecule has 0 spiro atoms. The summed E-state index contributed by atoms with van der Waals surface area (Å²) in [6.07, 6.45) is 2.51. The minimum atomic E-state index is -1.09. The van der Waals surface area contributed by atoms with Gasteiger partial charge in [0.1, 0.15) is 11.8 Å². The van der Waals surface area contributed by atoms with Crippen molar-refractivity contribution in [3.8, 4) is 11.8 Å². The molecule has 33 heavy (non-hydrogen) atoms. The van der Waals surface area contributed by atoms with Crippen molar-refractivity contribution in [1.82, 2.24) is 9.88 Å². The number of nitrogens with two attached hydrogens (primary N) is 1. The molecule has 1 aromatic heterocycles. The van der Waals surface area contributed by atoms with Gasteiger partial charge in [0.25, 0.3) is 0 Å². The van der Waals surface area contributed by atoms with Crippen LogP contribution in [-0.2, 0) is 11.2 Å². The number of halogens is 2. The highest BCUT2D eigenvalue weighted by Crippen LogP contribution is 2.26. The molecule has 4 N–H and O–H groups in total. The van der Waals surface area contributed by atoms with Gasteiger partial charge in [0.2, 0.25) is 5.91 Å². The standard InChI is InChI=1S/C23H21F2N5O3/c24-18-5-3-14(9-19(18)25)29-23(32)33-16-4-6-21-17(10-16)13(12-28-21)8-20(27)22(31)30-7-1-2-15(30)11-26/h3-6,9-10,12,15,20,28H,1-2,7-8,27H2,(H,29,32). The Morgan fingerprint density at radius 1 is 1.27 bits per heavy atom. The Hall–Kier alpha value is -3.97. The first-order chi connectivity index (χ1) is 15.9. The summed E-state index contributed by atoms with van der Waals surface area (Å²) in [6, 6.07) is 8.73. The molecule has 1 aliphatic rings. The van der Waals surface area contributed by atoms with E-state index in [2.05, 4.69) is 16.4 Å². The SMILES string of the molecule is N#CC1CCCN1C(=O)C(N)Cc1c[nH]c2ccc(OC(=O)Nc3ccc(F)c(F)c3)cc12. The van der Waals surface area contributed by atoms with Gasteiger partial charge in [0.15, 0.2) is 11.6 Å². The highest BCUT2D eigenvalue weighted by atomic mass is 19.2. The predicted octanol–water partition coefficient (Wildman–Crippen LogP) is 3.44. The third-order valence-electron chi connectivity index (χ3n) is 5.56. The Balaban J connectivity index is 1.45. The zero-order valence-corrected chi connectivity index (χ0v) is 17.5. The molecule has 2 amide bonds. The van der Waals surface area contributed by atoms with E-state index in [1.54, 1.807) is 24.4 Å². The first-order valence-electron chi connectivity index (χ1n) is 10.4. The number of nitrogens with one attached hydrogen (secondary N) is 2. The molecular formula is C23H21F2N5O3. The van der Waals surface area contributed by atoms with Crippen molar-refractivity contribution < 1.29 is 23.1 Å². The lowest BCUT2D eigenvalue weighted by Gasteiger charge is -2.23. The summed E-state index contributed by atoms with van der Waals surface area (Å²) in [7, 11) is 0. The van der Waals surface area contributed by atoms with Crippen molar-refractivity contribution in [3.63, 3.8) is 0 Å². The van der Waals surface area contributed by atoms with Crippen molar-refractivity contribution in [2.24, 2.45) is 5.73 Å². The lowest BCUT2D eigenvalue weighted by atomic mass is 10.0. The normalized spacial score (nSPS) is 16.4. The minimum Gasteiger partial charge on any atom is -0.410 e. The largest absolute Gasteiger partial charge is 0.417 e. The molecule has 3 aromatic rings. The Morgan fingerprint density at radius 2 is 2.09 bits per heavy atom. The van der Waals surface area contributed by atoms with Gasteiger partial charge in [0, 0.05) is 35.4 Å². The Morgan fingerprint density at radius 3 is 2.85 bits per heavy atom. The number of fused-ring (bicyclic) bond motifs is 1. The van der Waals surface area contributed by atoms with Crippen LogP contribution in [0.15, 0.2) is 42.6 Å². The number of amides is 2. The summed E-state index contributed by atoms with van der Waals surface area (Å²) in [4.78, 5) is 29.5. The number of anilines is 1. The van der Waals surface area contributed by atoms with Crippen LogP contribution in [-0.4, -0.2) is 40.5 Å². The maximum Gasteiger partial charge on any atom is 0.417 e. The molecule has 8 nitrogen and oxygen atoms in total. The molecule has 2 aromatic carbocycles. The van der Waals surface area contributed by atoms with E-state index in [1.165, 1.54) is 11.0 Å². The number of hydrogen-bond donors (Lipinski definition) is 3. The zero-order chi connectivity index (χ0) is 23.5. The smallest absolute Gasteiger partial charge is 0.410 e. The fourth-order valence-corrected chi connectivity index (χ4v) is 3.92. The van der Waals surface area contributed by atoms with E-state index in [4.69, 9.17) is 10.5 Å². The van der Waals surface area contributed by atoms with E-state index in [0.29, 0.717) is 13.0 Å². The van der Waals surface area contributed by atoms with Gasteiger partial charge in [-0.25, -0.2) is 13.6 Å². The molecule has 0 bridgehead atoms. The number of H-pyrrole nitrogens is 1. The number of carbonyl (C=O) groups is 2. The van der Waals surface area contributed by atoms with E-state index in [-0.39, 0.29) is 23.8 Å². The average Bonchev–Trinajstić information content (AvgIpc) is 3.42. The molecule has 1 saturated heterocycles. The number of aromatic nitrogens is 1. The summed E-state index contributed by atoms with van der Waals surface area (Å²) < 4.78 is 31.6. The van der Waals surface area contributed by atoms with Gasteiger partial charge >= 0.3 is 6.09 Å². The number of benzene rings is 2. The molecule has 1 fully saturated rings. The molecule has 2 atom stereocenters. The summed E-state index contributed by atoms with van der Waals surface area (Å²) in [5.41, 5.74) is 7.72. The topological polar surface area (TPSA) is 124 Å². The number of carbonyl (C=O) groups excluding carboxylic acids is 2. The number of rotatable bonds is 5. The molecule has 0 aliphatic carbocycles. The molecule has 0 radical (unpaired) electrons. The van der Waals surface area contributed by atoms with Gasteiger partial charge in [-0.2, -0.15) is 5.26 Å². The number of nitrogens with zero attached hydrogens (tertiary/aromatic N) is 2. The van der Waals surface area contributed by atoms with Gasteiger partial charge in [0.05, 0.1) is 12.1 Å². The summed E-state index contributed by atoms with van der Waals surface area (Å²) in [6.45, 7) is 0.518. The second-order valence-corrected chi connectivity index (χ2v) is 7.79. The monoisotopic (exact) mass is 453 g/mol. The first-order valence-corrected chi connectivity index (χ1v) is 10.4. The second kappa shape index (κ2) is 9.26. The van der Waals surface area contributed by atoms with Gasteiger partial charge in [-0.3, -0.25) is 10.1 Å². The number of hydrogen-bond acceptors (Lipinski definition) is 5. The summed E-state index contributed by atoms with van der Waals surface area (Å²) in [5, 5.41) is 12.3. The second-order valence-electron chi connectivity index (χ2n) is 7.79. The van der Waals surface area contributed by atoms with Crippen molar-refractivity contribution in [2.45, 2.75) is 31.3 Å². The molecule has 1 aliphatic heterocycles. The van der Waals surface area contributed by atoms with Crippen molar-refractivity contribution in [1.29, 1.82) is 5.26 Å². The maximum atomic E-state index is 13.3. The third kappa shape index (κ3) is 4.78. The van der Waals surface area contributed by atoms with Crippen LogP contribution in [0.2, 0.25) is 0 Å². The van der Waals surface area contributed by atoms with Gasteiger partial charge in [-0.05, 0) is 55.2 Å². The molecule has 4 rings (SSSR count). The van der Waals surface area contributed by atoms with Crippen LogP contribution in [0.5, 0.6) is 5.75 Å². The van der Waals surface area contributed by atoms with Crippen LogP contribution in [0.4, 0.5) is 19.3 Å². The summed E-state index contributed by atoms with van der Waals surface area (Å²) in [5.74, 6) is -2.17. The molecule has 170 valence electrons. The van der Waals surface area contributed by atoms with E-state index < -0.39 is 29.8 Å². The average molecular weight is 453 g/mol. The lowest BCUT2D eigenvalue weighted by molar-refractivity contribution is -0.132. The van der Waals surface area contributed by atoms with Crippen LogP contribution < -0.4 is 15.8 Å². The minimum absolute atomic E-state index is 0.0457. The van der Waals surface area contributed by atoms with Gasteiger partial charge in [-0.15, -0.1) is 0 Å². The highest BCUT2D eigenvalue weighted by molar-refractivity contribution is 5.89. The predicted molar refractivity (Wildman–Crippen MR) is 116 cm³/mol. The first kappa shape index (κ1) is 22.2. The molecule has 10 heteroatoms. The number of likely N-dealkylation sites (tertiary alicyclic amines) is 1. The van der Waals surface area contributed by atoms with Crippen LogP contribution in [0.1, 0.15) is 18.4 Å². The fourth-order valence-electron chi connectivity index (χ4n) is 3.92. The van der Waals surface area contributed by atoms with Crippen LogP contribution in [0, 0.1) is 23.0 Å². The van der Waals surface area contributed by atoms with Gasteiger partial charge in [-0.1, -0.05) is 0 Å². The Kier molecular flexibility index (Phi) is 6.24. The highest BCUT2D eigenvalue weighted by Gasteiger charge is 2.31. The zero-order valence-electron chi connectivity index (χ0n) is 17.5. The van der Waals surface area contributed by atoms with Crippen LogP contribution in [0.25, 0.3) is 10.9 Å². The van der Waals surface area contributed by atoms with E-state index in [9.17, 15) is 23.6 Å². The fraction of sp³-hybridized carbons (Fsp3) is 0.261. The van der Waals surface area contributed by atoms with Crippen LogP contribution >= 0.6 is 0 Å². The maximum absolute atomic E-state index is 13.3. The number of nitriles is 1. The Labute approximate surface area is 187 Å². The van der Waals surface area contributed by atoms with Crippen LogP contribution in [0.3, 0.4) is 0 Å². The molecule has 2 heterocycles. The summed E-state index contributed by atoms with van der Waals surface area (Å²) >= 11 is 0. The van der Waals surface area contributed by atoms with Crippen molar-refractivity contribution in [2.75, 3.05) is 11.9 Å². The van der Waals surface area contributed by atoms with Crippen molar-refractivity contribution in [3.05, 3.63) is 59.8 Å². The molecular weight excluding hydrogens is 432 g/mol. The molecule has 2 unspecified atom stereocenters. The van der Waals surface area contributed by atoms with E-state index >= 15 is 0 Å². The van der Waals surface area contributed by atoms with E-state index in [0.717, 1.165) is 35.0 Å². The Bertz CT molecular complexity index is 1250.